The van der Waals surface area contributed by atoms with Gasteiger partial charge in [0, 0.05) is 29.4 Å². The van der Waals surface area contributed by atoms with Crippen LogP contribution >= 0.6 is 22.9 Å². The quantitative estimate of drug-likeness (QED) is 0.775. The third-order valence-electron chi connectivity index (χ3n) is 3.25. The van der Waals surface area contributed by atoms with Gasteiger partial charge in [0.05, 0.1) is 17.2 Å². The molecule has 0 bridgehead atoms. The molecule has 2 aromatic rings. The number of pyridine rings is 1. The van der Waals surface area contributed by atoms with Crippen LogP contribution in [0.5, 0.6) is 0 Å². The summed E-state index contributed by atoms with van der Waals surface area (Å²) in [5.74, 6) is 1.45. The summed E-state index contributed by atoms with van der Waals surface area (Å²) in [6.07, 6.45) is 0. The summed E-state index contributed by atoms with van der Waals surface area (Å²) in [6, 6.07) is 4.15. The summed E-state index contributed by atoms with van der Waals surface area (Å²) in [5.41, 5.74) is 3.26. The number of aromatic nitrogens is 2. The fraction of sp³-hybridized carbons (Fsp3) is 0.500. The second kappa shape index (κ2) is 6.32. The first kappa shape index (κ1) is 16.2. The van der Waals surface area contributed by atoms with Gasteiger partial charge in [0.25, 0.3) is 0 Å². The lowest BCUT2D eigenvalue weighted by Crippen LogP contribution is -2.21. The maximum Gasteiger partial charge on any atom is 0.129 e. The van der Waals surface area contributed by atoms with Crippen molar-refractivity contribution in [2.45, 2.75) is 45.5 Å². The number of anilines is 1. The Labute approximate surface area is 136 Å². The van der Waals surface area contributed by atoms with E-state index in [0.29, 0.717) is 5.88 Å². The predicted octanol–water partition coefficient (Wildman–Crippen LogP) is 4.52. The Morgan fingerprint density at radius 2 is 1.95 bits per heavy atom. The van der Waals surface area contributed by atoms with Crippen molar-refractivity contribution < 1.29 is 0 Å². The molecule has 0 fully saturated rings. The molecule has 2 aromatic heterocycles. The molecule has 0 N–H and O–H groups in total. The van der Waals surface area contributed by atoms with E-state index in [2.05, 4.69) is 48.2 Å². The number of nitrogens with zero attached hydrogens (tertiary/aromatic N) is 3. The van der Waals surface area contributed by atoms with Gasteiger partial charge in [0.1, 0.15) is 5.82 Å². The topological polar surface area (TPSA) is 29.0 Å². The molecule has 5 heteroatoms. The Bertz CT molecular complexity index is 616. The first-order valence-electron chi connectivity index (χ1n) is 6.99. The minimum Gasteiger partial charge on any atom is -0.354 e. The lowest BCUT2D eigenvalue weighted by molar-refractivity contribution is 0.567. The molecule has 0 spiro atoms. The number of halogens is 1. The predicted molar refractivity (Wildman–Crippen MR) is 91.5 cm³/mol. The molecule has 0 aliphatic carbocycles. The fourth-order valence-electron chi connectivity index (χ4n) is 2.03. The minimum atomic E-state index is 0.00881. The maximum absolute atomic E-state index is 6.03. The minimum absolute atomic E-state index is 0.00881. The van der Waals surface area contributed by atoms with Gasteiger partial charge >= 0.3 is 0 Å². The number of aryl methyl sites for hydroxylation is 1. The highest BCUT2D eigenvalue weighted by Crippen LogP contribution is 2.26. The zero-order valence-electron chi connectivity index (χ0n) is 13.3. The largest absolute Gasteiger partial charge is 0.354 e. The first-order valence-corrected chi connectivity index (χ1v) is 8.40. The molecule has 0 aliphatic rings. The van der Waals surface area contributed by atoms with Crippen molar-refractivity contribution in [3.05, 3.63) is 39.5 Å². The number of hydrogen-bond donors (Lipinski definition) is 0. The monoisotopic (exact) mass is 323 g/mol. The van der Waals surface area contributed by atoms with Gasteiger partial charge in [-0.05, 0) is 24.6 Å². The van der Waals surface area contributed by atoms with E-state index in [1.54, 1.807) is 11.3 Å². The summed E-state index contributed by atoms with van der Waals surface area (Å²) < 4.78 is 0. The van der Waals surface area contributed by atoms with Gasteiger partial charge in [-0.25, -0.2) is 9.97 Å². The van der Waals surface area contributed by atoms with E-state index < -0.39 is 0 Å². The Kier molecular flexibility index (Phi) is 4.89. The average molecular weight is 324 g/mol. The maximum atomic E-state index is 6.03. The van der Waals surface area contributed by atoms with Gasteiger partial charge in [-0.1, -0.05) is 20.8 Å². The summed E-state index contributed by atoms with van der Waals surface area (Å²) in [5, 5.41) is 3.19. The Hall–Kier alpha value is -1.13. The van der Waals surface area contributed by atoms with Gasteiger partial charge in [0.15, 0.2) is 0 Å². The third kappa shape index (κ3) is 4.17. The van der Waals surface area contributed by atoms with Crippen LogP contribution < -0.4 is 4.90 Å². The summed E-state index contributed by atoms with van der Waals surface area (Å²) in [7, 11) is 2.04. The molecular formula is C16H22ClN3S. The van der Waals surface area contributed by atoms with Gasteiger partial charge < -0.3 is 4.90 Å². The van der Waals surface area contributed by atoms with E-state index in [1.165, 1.54) is 0 Å². The Morgan fingerprint density at radius 3 is 2.48 bits per heavy atom. The van der Waals surface area contributed by atoms with Crippen LogP contribution in [0, 0.1) is 6.92 Å². The number of thiazole rings is 1. The highest BCUT2D eigenvalue weighted by atomic mass is 35.5. The molecule has 0 saturated carbocycles. The normalized spacial score (nSPS) is 11.7. The second-order valence-corrected chi connectivity index (χ2v) is 7.65. The van der Waals surface area contributed by atoms with Crippen molar-refractivity contribution in [1.82, 2.24) is 9.97 Å². The van der Waals surface area contributed by atoms with Crippen LogP contribution in [0.1, 0.15) is 42.7 Å². The number of hydrogen-bond acceptors (Lipinski definition) is 4. The van der Waals surface area contributed by atoms with Gasteiger partial charge in [-0.15, -0.1) is 22.9 Å². The summed E-state index contributed by atoms with van der Waals surface area (Å²) in [6.45, 7) is 9.29. The van der Waals surface area contributed by atoms with Crippen LogP contribution in [0.25, 0.3) is 0 Å². The summed E-state index contributed by atoms with van der Waals surface area (Å²) >= 11 is 7.71. The fourth-order valence-corrected chi connectivity index (χ4v) is 2.79. The van der Waals surface area contributed by atoms with Crippen LogP contribution in [0.4, 0.5) is 5.82 Å². The van der Waals surface area contributed by atoms with Crippen molar-refractivity contribution in [2.75, 3.05) is 11.9 Å². The second-order valence-electron chi connectivity index (χ2n) is 6.32. The van der Waals surface area contributed by atoms with Gasteiger partial charge in [0.2, 0.25) is 0 Å². The van der Waals surface area contributed by atoms with Crippen molar-refractivity contribution in [3.8, 4) is 0 Å². The molecule has 0 amide bonds. The highest BCUT2D eigenvalue weighted by molar-refractivity contribution is 7.09. The summed E-state index contributed by atoms with van der Waals surface area (Å²) in [4.78, 5) is 11.4. The SMILES string of the molecule is Cc1nc(CN(C)c2cc(CCl)cc(C(C)(C)C)n2)cs1. The van der Waals surface area contributed by atoms with Crippen molar-refractivity contribution in [2.24, 2.45) is 0 Å². The molecule has 21 heavy (non-hydrogen) atoms. The molecule has 0 unspecified atom stereocenters. The van der Waals surface area contributed by atoms with Crippen LogP contribution in [-0.4, -0.2) is 17.0 Å². The molecule has 0 aromatic carbocycles. The molecule has 2 rings (SSSR count). The molecule has 0 atom stereocenters. The number of rotatable bonds is 4. The van der Waals surface area contributed by atoms with E-state index in [9.17, 15) is 0 Å². The molecule has 0 radical (unpaired) electrons. The Balaban J connectivity index is 2.29. The van der Waals surface area contributed by atoms with E-state index in [0.717, 1.165) is 34.3 Å². The van der Waals surface area contributed by atoms with Gasteiger partial charge in [-0.3, -0.25) is 0 Å². The lowest BCUT2D eigenvalue weighted by Gasteiger charge is -2.23. The van der Waals surface area contributed by atoms with Gasteiger partial charge in [-0.2, -0.15) is 0 Å². The van der Waals surface area contributed by atoms with Crippen molar-refractivity contribution in [1.29, 1.82) is 0 Å². The Morgan fingerprint density at radius 1 is 1.24 bits per heavy atom. The standard InChI is InChI=1S/C16H22ClN3S/c1-11-18-13(10-21-11)9-20(5)15-7-12(8-17)6-14(19-15)16(2,3)4/h6-7,10H,8-9H2,1-5H3. The van der Waals surface area contributed by atoms with E-state index in [-0.39, 0.29) is 5.41 Å². The molecule has 3 nitrogen and oxygen atoms in total. The smallest absolute Gasteiger partial charge is 0.129 e. The van der Waals surface area contributed by atoms with E-state index in [1.807, 2.05) is 14.0 Å². The average Bonchev–Trinajstić information content (AvgIpc) is 2.82. The van der Waals surface area contributed by atoms with Crippen LogP contribution in [0.2, 0.25) is 0 Å². The third-order valence-corrected chi connectivity index (χ3v) is 4.38. The zero-order valence-corrected chi connectivity index (χ0v) is 14.8. The van der Waals surface area contributed by atoms with Crippen LogP contribution in [0.3, 0.4) is 0 Å². The van der Waals surface area contributed by atoms with E-state index >= 15 is 0 Å². The molecular weight excluding hydrogens is 302 g/mol. The van der Waals surface area contributed by atoms with Crippen LogP contribution in [0.15, 0.2) is 17.5 Å². The first-order chi connectivity index (χ1) is 9.79. The van der Waals surface area contributed by atoms with E-state index in [4.69, 9.17) is 16.6 Å². The lowest BCUT2D eigenvalue weighted by atomic mass is 9.91. The van der Waals surface area contributed by atoms with Crippen molar-refractivity contribution in [3.63, 3.8) is 0 Å². The molecule has 0 aliphatic heterocycles. The molecule has 2 heterocycles. The molecule has 0 saturated heterocycles. The zero-order chi connectivity index (χ0) is 15.6. The highest BCUT2D eigenvalue weighted by Gasteiger charge is 2.18. The molecule has 114 valence electrons. The van der Waals surface area contributed by atoms with Crippen LogP contribution in [-0.2, 0) is 17.8 Å². The number of alkyl halides is 1. The van der Waals surface area contributed by atoms with Crippen molar-refractivity contribution >= 4 is 28.8 Å².